The van der Waals surface area contributed by atoms with Gasteiger partial charge >= 0.3 is 0 Å². The molecule has 0 aromatic heterocycles. The predicted molar refractivity (Wildman–Crippen MR) is 63.9 cm³/mol. The summed E-state index contributed by atoms with van der Waals surface area (Å²) in [5.41, 5.74) is 5.84. The maximum Gasteiger partial charge on any atom is 0.0218 e. The van der Waals surface area contributed by atoms with E-state index in [1.807, 2.05) is 0 Å². The van der Waals surface area contributed by atoms with E-state index in [1.165, 1.54) is 58.3 Å². The van der Waals surface area contributed by atoms with Crippen molar-refractivity contribution >= 4 is 0 Å². The quantitative estimate of drug-likeness (QED) is 0.725. The Balaban J connectivity index is 1.79. The van der Waals surface area contributed by atoms with E-state index in [1.54, 1.807) is 0 Å². The Labute approximate surface area is 93.4 Å². The first kappa shape index (κ1) is 11.4. The smallest absolute Gasteiger partial charge is 0.0218 e. The molecule has 2 aliphatic rings. The third-order valence-electron chi connectivity index (χ3n) is 3.97. The third kappa shape index (κ3) is 3.16. The summed E-state index contributed by atoms with van der Waals surface area (Å²) >= 11 is 0. The Morgan fingerprint density at radius 2 is 1.93 bits per heavy atom. The first-order chi connectivity index (χ1) is 7.40. The van der Waals surface area contributed by atoms with Gasteiger partial charge in [0.25, 0.3) is 0 Å². The summed E-state index contributed by atoms with van der Waals surface area (Å²) in [6, 6.07) is 0.675. The van der Waals surface area contributed by atoms with E-state index in [9.17, 15) is 0 Å². The van der Waals surface area contributed by atoms with Gasteiger partial charge in [0.15, 0.2) is 0 Å². The molecule has 3 N–H and O–H groups in total. The lowest BCUT2D eigenvalue weighted by molar-refractivity contribution is 0.119. The normalized spacial score (nSPS) is 30.6. The fourth-order valence-corrected chi connectivity index (χ4v) is 2.96. The zero-order valence-electron chi connectivity index (χ0n) is 9.75. The van der Waals surface area contributed by atoms with Crippen molar-refractivity contribution in [3.63, 3.8) is 0 Å². The Morgan fingerprint density at radius 3 is 2.67 bits per heavy atom. The molecule has 2 aliphatic heterocycles. The van der Waals surface area contributed by atoms with Gasteiger partial charge in [0.2, 0.25) is 0 Å². The minimum absolute atomic E-state index is 0.675. The minimum Gasteiger partial charge on any atom is -0.329 e. The first-order valence-electron chi connectivity index (χ1n) is 6.55. The highest BCUT2D eigenvalue weighted by Gasteiger charge is 2.24. The molecule has 0 bridgehead atoms. The number of hydrogen-bond donors (Lipinski definition) is 2. The second-order valence-corrected chi connectivity index (χ2v) is 5.07. The molecule has 88 valence electrons. The summed E-state index contributed by atoms with van der Waals surface area (Å²) in [6.45, 7) is 5.86. The van der Waals surface area contributed by atoms with Crippen LogP contribution in [0.25, 0.3) is 0 Å². The molecule has 2 saturated heterocycles. The molecule has 1 atom stereocenters. The molecule has 3 nitrogen and oxygen atoms in total. The average Bonchev–Trinajstić information content (AvgIpc) is 2.31. The Morgan fingerprint density at radius 1 is 1.13 bits per heavy atom. The fourth-order valence-electron chi connectivity index (χ4n) is 2.96. The molecule has 1 unspecified atom stereocenters. The van der Waals surface area contributed by atoms with Crippen molar-refractivity contribution in [2.75, 3.05) is 32.7 Å². The van der Waals surface area contributed by atoms with Gasteiger partial charge in [-0.25, -0.2) is 0 Å². The van der Waals surface area contributed by atoms with Crippen molar-refractivity contribution in [2.24, 2.45) is 11.7 Å². The van der Waals surface area contributed by atoms with Crippen LogP contribution < -0.4 is 11.1 Å². The van der Waals surface area contributed by atoms with Crippen molar-refractivity contribution in [1.29, 1.82) is 0 Å². The molecule has 0 aliphatic carbocycles. The summed E-state index contributed by atoms with van der Waals surface area (Å²) in [4.78, 5) is 2.65. The van der Waals surface area contributed by atoms with Crippen LogP contribution >= 0.6 is 0 Å². The van der Waals surface area contributed by atoms with Gasteiger partial charge in [-0.05, 0) is 51.2 Å². The van der Waals surface area contributed by atoms with E-state index >= 15 is 0 Å². The van der Waals surface area contributed by atoms with E-state index in [-0.39, 0.29) is 0 Å². The van der Waals surface area contributed by atoms with Crippen LogP contribution in [0.5, 0.6) is 0 Å². The summed E-state index contributed by atoms with van der Waals surface area (Å²) in [6.07, 6.45) is 6.79. The van der Waals surface area contributed by atoms with E-state index < -0.39 is 0 Å². The topological polar surface area (TPSA) is 41.3 Å². The van der Waals surface area contributed by atoms with Gasteiger partial charge in [-0.2, -0.15) is 0 Å². The number of rotatable bonds is 3. The maximum absolute atomic E-state index is 5.84. The van der Waals surface area contributed by atoms with Crippen LogP contribution in [-0.4, -0.2) is 43.7 Å². The van der Waals surface area contributed by atoms with Crippen LogP contribution in [-0.2, 0) is 0 Å². The minimum atomic E-state index is 0.675. The summed E-state index contributed by atoms with van der Waals surface area (Å²) < 4.78 is 0. The molecular formula is C12H25N3. The highest BCUT2D eigenvalue weighted by Crippen LogP contribution is 2.20. The van der Waals surface area contributed by atoms with Crippen molar-refractivity contribution in [3.8, 4) is 0 Å². The number of hydrogen-bond acceptors (Lipinski definition) is 3. The largest absolute Gasteiger partial charge is 0.329 e. The molecular weight excluding hydrogens is 186 g/mol. The van der Waals surface area contributed by atoms with Gasteiger partial charge < -0.3 is 11.1 Å². The molecule has 0 aromatic carbocycles. The van der Waals surface area contributed by atoms with E-state index in [0.717, 1.165) is 12.5 Å². The molecule has 0 aromatic rings. The van der Waals surface area contributed by atoms with Gasteiger partial charge in [-0.3, -0.25) is 4.90 Å². The number of likely N-dealkylation sites (tertiary alicyclic amines) is 1. The Bertz CT molecular complexity index is 178. The van der Waals surface area contributed by atoms with Gasteiger partial charge in [0, 0.05) is 19.1 Å². The maximum atomic E-state index is 5.84. The second kappa shape index (κ2) is 5.83. The van der Waals surface area contributed by atoms with E-state index in [4.69, 9.17) is 5.73 Å². The van der Waals surface area contributed by atoms with Crippen molar-refractivity contribution in [3.05, 3.63) is 0 Å². The molecule has 2 fully saturated rings. The van der Waals surface area contributed by atoms with Crippen molar-refractivity contribution in [2.45, 2.75) is 38.1 Å². The van der Waals surface area contributed by atoms with Crippen LogP contribution in [0.3, 0.4) is 0 Å². The Kier molecular flexibility index (Phi) is 4.42. The number of nitrogens with two attached hydrogens (primary N) is 1. The van der Waals surface area contributed by atoms with E-state index in [0.29, 0.717) is 6.04 Å². The van der Waals surface area contributed by atoms with Crippen LogP contribution in [0.15, 0.2) is 0 Å². The lowest BCUT2D eigenvalue weighted by atomic mass is 9.94. The average molecular weight is 211 g/mol. The highest BCUT2D eigenvalue weighted by molar-refractivity contribution is 4.81. The van der Waals surface area contributed by atoms with Crippen LogP contribution in [0.2, 0.25) is 0 Å². The molecule has 15 heavy (non-hydrogen) atoms. The highest BCUT2D eigenvalue weighted by atomic mass is 15.2. The molecule has 3 heteroatoms. The molecule has 0 spiro atoms. The van der Waals surface area contributed by atoms with Gasteiger partial charge in [0.05, 0.1) is 0 Å². The zero-order chi connectivity index (χ0) is 10.5. The van der Waals surface area contributed by atoms with Gasteiger partial charge in [0.1, 0.15) is 0 Å². The van der Waals surface area contributed by atoms with Crippen molar-refractivity contribution < 1.29 is 0 Å². The second-order valence-electron chi connectivity index (χ2n) is 5.07. The monoisotopic (exact) mass is 211 g/mol. The van der Waals surface area contributed by atoms with Crippen LogP contribution in [0.1, 0.15) is 32.1 Å². The van der Waals surface area contributed by atoms with Crippen molar-refractivity contribution in [1.82, 2.24) is 10.2 Å². The molecule has 2 rings (SSSR count). The lowest BCUT2D eigenvalue weighted by Crippen LogP contribution is -2.47. The summed E-state index contributed by atoms with van der Waals surface area (Å²) in [7, 11) is 0. The summed E-state index contributed by atoms with van der Waals surface area (Å²) in [5, 5.41) is 3.43. The molecule has 0 amide bonds. The predicted octanol–water partition coefficient (Wildman–Crippen LogP) is 0.799. The number of nitrogens with zero attached hydrogens (tertiary/aromatic N) is 1. The van der Waals surface area contributed by atoms with Gasteiger partial charge in [-0.1, -0.05) is 6.42 Å². The summed E-state index contributed by atoms with van der Waals surface area (Å²) in [5.74, 6) is 0.915. The molecule has 0 radical (unpaired) electrons. The lowest BCUT2D eigenvalue weighted by Gasteiger charge is -2.38. The van der Waals surface area contributed by atoms with E-state index in [2.05, 4.69) is 10.2 Å². The Hall–Kier alpha value is -0.120. The number of nitrogens with one attached hydrogen (secondary N) is 1. The zero-order valence-corrected chi connectivity index (χ0v) is 9.75. The number of piperidine rings is 2. The fraction of sp³-hybridized carbons (Fsp3) is 1.00. The third-order valence-corrected chi connectivity index (χ3v) is 3.97. The first-order valence-corrected chi connectivity index (χ1v) is 6.55. The molecule has 2 heterocycles. The van der Waals surface area contributed by atoms with Crippen LogP contribution in [0.4, 0.5) is 0 Å². The SMILES string of the molecule is NCC1CCCCN1CC1CCNCC1. The standard InChI is InChI=1S/C12H25N3/c13-9-12-3-1-2-8-15(12)10-11-4-6-14-7-5-11/h11-12,14H,1-10,13H2. The molecule has 0 saturated carbocycles. The van der Waals surface area contributed by atoms with Crippen LogP contribution in [0, 0.1) is 5.92 Å². The van der Waals surface area contributed by atoms with Gasteiger partial charge in [-0.15, -0.1) is 0 Å².